The van der Waals surface area contributed by atoms with Gasteiger partial charge in [0.1, 0.15) is 10.2 Å². The summed E-state index contributed by atoms with van der Waals surface area (Å²) in [7, 11) is 0. The first-order valence-corrected chi connectivity index (χ1v) is 5.74. The second-order valence-corrected chi connectivity index (χ2v) is 4.65. The summed E-state index contributed by atoms with van der Waals surface area (Å²) < 4.78 is 0. The van der Waals surface area contributed by atoms with Crippen LogP contribution in [-0.2, 0) is 6.61 Å². The molecule has 2 aromatic rings. The first-order valence-electron chi connectivity index (χ1n) is 4.54. The van der Waals surface area contributed by atoms with Crippen molar-refractivity contribution in [2.24, 2.45) is 0 Å². The van der Waals surface area contributed by atoms with E-state index in [1.54, 1.807) is 0 Å². The molecule has 0 aliphatic carbocycles. The van der Waals surface area contributed by atoms with E-state index in [0.717, 1.165) is 21.0 Å². The van der Waals surface area contributed by atoms with Crippen molar-refractivity contribution in [3.63, 3.8) is 0 Å². The summed E-state index contributed by atoms with van der Waals surface area (Å²) in [4.78, 5) is 4.95. The molecule has 1 aromatic heterocycles. The predicted octanol–water partition coefficient (Wildman–Crippen LogP) is 3.26. The number of aromatic nitrogens is 1. The lowest BCUT2D eigenvalue weighted by molar-refractivity contribution is 0.285. The maximum absolute atomic E-state index is 9.03. The SMILES string of the molecule is Cc1ccccc1-c1nc(Cl)c(CO)s1. The van der Waals surface area contributed by atoms with E-state index in [-0.39, 0.29) is 6.61 Å². The quantitative estimate of drug-likeness (QED) is 0.873. The second-order valence-electron chi connectivity index (χ2n) is 3.21. The highest BCUT2D eigenvalue weighted by molar-refractivity contribution is 7.15. The Kier molecular flexibility index (Phi) is 3.05. The van der Waals surface area contributed by atoms with E-state index in [1.807, 2.05) is 31.2 Å². The van der Waals surface area contributed by atoms with Crippen molar-refractivity contribution in [1.29, 1.82) is 0 Å². The average Bonchev–Trinajstić information content (AvgIpc) is 2.60. The molecule has 0 bridgehead atoms. The minimum Gasteiger partial charge on any atom is -0.391 e. The number of hydrogen-bond donors (Lipinski definition) is 1. The summed E-state index contributed by atoms with van der Waals surface area (Å²) >= 11 is 7.32. The van der Waals surface area contributed by atoms with Gasteiger partial charge in [-0.15, -0.1) is 11.3 Å². The zero-order valence-corrected chi connectivity index (χ0v) is 9.77. The molecule has 1 N–H and O–H groups in total. The van der Waals surface area contributed by atoms with Crippen LogP contribution in [0, 0.1) is 6.92 Å². The van der Waals surface area contributed by atoms with E-state index in [1.165, 1.54) is 11.3 Å². The lowest BCUT2D eigenvalue weighted by Crippen LogP contribution is -1.80. The molecule has 0 saturated heterocycles. The van der Waals surface area contributed by atoms with Gasteiger partial charge in [-0.25, -0.2) is 4.98 Å². The van der Waals surface area contributed by atoms with Crippen LogP contribution in [0.3, 0.4) is 0 Å². The number of aliphatic hydroxyl groups excluding tert-OH is 1. The number of aryl methyl sites for hydroxylation is 1. The molecule has 0 fully saturated rings. The lowest BCUT2D eigenvalue weighted by Gasteiger charge is -1.99. The van der Waals surface area contributed by atoms with Gasteiger partial charge >= 0.3 is 0 Å². The number of hydrogen-bond acceptors (Lipinski definition) is 3. The van der Waals surface area contributed by atoms with Crippen LogP contribution in [0.5, 0.6) is 0 Å². The van der Waals surface area contributed by atoms with Gasteiger partial charge in [-0.3, -0.25) is 0 Å². The summed E-state index contributed by atoms with van der Waals surface area (Å²) in [6, 6.07) is 7.99. The average molecular weight is 240 g/mol. The summed E-state index contributed by atoms with van der Waals surface area (Å²) in [6.07, 6.45) is 0. The van der Waals surface area contributed by atoms with Gasteiger partial charge in [0.05, 0.1) is 11.5 Å². The van der Waals surface area contributed by atoms with Crippen LogP contribution < -0.4 is 0 Å². The molecule has 0 spiro atoms. The number of rotatable bonds is 2. The lowest BCUT2D eigenvalue weighted by atomic mass is 10.1. The predicted molar refractivity (Wildman–Crippen MR) is 63.2 cm³/mol. The van der Waals surface area contributed by atoms with Crippen LogP contribution in [-0.4, -0.2) is 10.1 Å². The fourth-order valence-corrected chi connectivity index (χ4v) is 2.57. The Bertz CT molecular complexity index is 481. The van der Waals surface area contributed by atoms with Crippen LogP contribution in [0.2, 0.25) is 5.15 Å². The highest BCUT2D eigenvalue weighted by Gasteiger charge is 2.11. The fraction of sp³-hybridized carbons (Fsp3) is 0.182. The third kappa shape index (κ3) is 2.04. The largest absolute Gasteiger partial charge is 0.391 e. The monoisotopic (exact) mass is 239 g/mol. The standard InChI is InChI=1S/C11H10ClNOS/c1-7-4-2-3-5-8(7)11-13-10(12)9(6-14)15-11/h2-5,14H,6H2,1H3. The molecule has 0 saturated carbocycles. The Morgan fingerprint density at radius 3 is 2.73 bits per heavy atom. The number of nitrogens with zero attached hydrogens (tertiary/aromatic N) is 1. The maximum Gasteiger partial charge on any atom is 0.146 e. The van der Waals surface area contributed by atoms with Crippen LogP contribution in [0.4, 0.5) is 0 Å². The molecule has 0 radical (unpaired) electrons. The molecule has 78 valence electrons. The molecule has 0 aliphatic heterocycles. The van der Waals surface area contributed by atoms with Crippen LogP contribution in [0.15, 0.2) is 24.3 Å². The van der Waals surface area contributed by atoms with Gasteiger partial charge < -0.3 is 5.11 Å². The Morgan fingerprint density at radius 2 is 2.13 bits per heavy atom. The normalized spacial score (nSPS) is 10.6. The summed E-state index contributed by atoms with van der Waals surface area (Å²) in [5, 5.41) is 10.3. The molecule has 0 amide bonds. The Balaban J connectivity index is 2.50. The minimum atomic E-state index is -0.0532. The molecular weight excluding hydrogens is 230 g/mol. The Hall–Kier alpha value is -0.900. The third-order valence-corrected chi connectivity index (χ3v) is 3.67. The van der Waals surface area contributed by atoms with Gasteiger partial charge in [-0.1, -0.05) is 35.9 Å². The Labute approximate surface area is 97.2 Å². The molecule has 0 unspecified atom stereocenters. The van der Waals surface area contributed by atoms with Crippen molar-refractivity contribution in [3.8, 4) is 10.6 Å². The molecule has 1 heterocycles. The van der Waals surface area contributed by atoms with E-state index >= 15 is 0 Å². The zero-order valence-electron chi connectivity index (χ0n) is 8.20. The first-order chi connectivity index (χ1) is 7.22. The van der Waals surface area contributed by atoms with Gasteiger partial charge in [-0.05, 0) is 12.5 Å². The van der Waals surface area contributed by atoms with Crippen molar-refractivity contribution in [2.45, 2.75) is 13.5 Å². The van der Waals surface area contributed by atoms with E-state index in [0.29, 0.717) is 5.15 Å². The van der Waals surface area contributed by atoms with Crippen molar-refractivity contribution >= 4 is 22.9 Å². The van der Waals surface area contributed by atoms with Gasteiger partial charge in [0.25, 0.3) is 0 Å². The van der Waals surface area contributed by atoms with Crippen LogP contribution in [0.1, 0.15) is 10.4 Å². The number of thiazole rings is 1. The zero-order chi connectivity index (χ0) is 10.8. The van der Waals surface area contributed by atoms with E-state index in [9.17, 15) is 0 Å². The smallest absolute Gasteiger partial charge is 0.146 e. The number of benzene rings is 1. The summed E-state index contributed by atoms with van der Waals surface area (Å²) in [5.41, 5.74) is 2.23. The molecule has 2 rings (SSSR count). The highest BCUT2D eigenvalue weighted by Crippen LogP contribution is 2.32. The fourth-order valence-electron chi connectivity index (χ4n) is 1.36. The molecule has 2 nitrogen and oxygen atoms in total. The van der Waals surface area contributed by atoms with E-state index < -0.39 is 0 Å². The van der Waals surface area contributed by atoms with Gasteiger partial charge in [0.2, 0.25) is 0 Å². The van der Waals surface area contributed by atoms with Crippen LogP contribution in [0.25, 0.3) is 10.6 Å². The third-order valence-electron chi connectivity index (χ3n) is 2.17. The first kappa shape index (κ1) is 10.6. The Morgan fingerprint density at radius 1 is 1.40 bits per heavy atom. The second kappa shape index (κ2) is 4.31. The van der Waals surface area contributed by atoms with Crippen molar-refractivity contribution in [1.82, 2.24) is 4.98 Å². The molecule has 4 heteroatoms. The molecule has 0 atom stereocenters. The van der Waals surface area contributed by atoms with Crippen molar-refractivity contribution < 1.29 is 5.11 Å². The number of halogens is 1. The van der Waals surface area contributed by atoms with Gasteiger partial charge in [0, 0.05) is 5.56 Å². The van der Waals surface area contributed by atoms with Crippen LogP contribution >= 0.6 is 22.9 Å². The topological polar surface area (TPSA) is 33.1 Å². The van der Waals surface area contributed by atoms with Crippen molar-refractivity contribution in [3.05, 3.63) is 39.9 Å². The molecular formula is C11H10ClNOS. The van der Waals surface area contributed by atoms with E-state index in [4.69, 9.17) is 16.7 Å². The van der Waals surface area contributed by atoms with E-state index in [2.05, 4.69) is 4.98 Å². The van der Waals surface area contributed by atoms with Crippen molar-refractivity contribution in [2.75, 3.05) is 0 Å². The summed E-state index contributed by atoms with van der Waals surface area (Å²) in [6.45, 7) is 1.98. The van der Waals surface area contributed by atoms with Gasteiger partial charge in [-0.2, -0.15) is 0 Å². The summed E-state index contributed by atoms with van der Waals surface area (Å²) in [5.74, 6) is 0. The molecule has 0 aliphatic rings. The minimum absolute atomic E-state index is 0.0532. The van der Waals surface area contributed by atoms with Gasteiger partial charge in [0.15, 0.2) is 0 Å². The maximum atomic E-state index is 9.03. The number of aliphatic hydroxyl groups is 1. The molecule has 1 aromatic carbocycles. The highest BCUT2D eigenvalue weighted by atomic mass is 35.5. The molecule has 15 heavy (non-hydrogen) atoms.